The van der Waals surface area contributed by atoms with Crippen molar-refractivity contribution in [1.29, 1.82) is 5.26 Å². The minimum atomic E-state index is 0.427. The van der Waals surface area contributed by atoms with Crippen LogP contribution in [0.3, 0.4) is 0 Å². The van der Waals surface area contributed by atoms with E-state index in [1.807, 2.05) is 24.3 Å². The molecule has 0 aliphatic rings. The fourth-order valence-corrected chi connectivity index (χ4v) is 2.48. The van der Waals surface area contributed by atoms with E-state index in [-0.39, 0.29) is 0 Å². The molecule has 0 fully saturated rings. The van der Waals surface area contributed by atoms with Crippen LogP contribution in [-0.2, 0) is 0 Å². The molecule has 0 bridgehead atoms. The third-order valence-corrected chi connectivity index (χ3v) is 3.71. The van der Waals surface area contributed by atoms with Crippen molar-refractivity contribution < 1.29 is 4.74 Å². The van der Waals surface area contributed by atoms with Crippen molar-refractivity contribution in [2.75, 3.05) is 12.4 Å². The van der Waals surface area contributed by atoms with Gasteiger partial charge in [-0.25, -0.2) is 0 Å². The zero-order chi connectivity index (χ0) is 13.5. The Hall–Kier alpha value is -1.63. The Bertz CT molecular complexity index is 580. The molecule has 0 amide bonds. The van der Waals surface area contributed by atoms with Gasteiger partial charge in [-0.15, -0.1) is 11.8 Å². The van der Waals surface area contributed by atoms with Crippen LogP contribution in [0.5, 0.6) is 5.75 Å². The quantitative estimate of drug-likeness (QED) is 0.605. The second-order valence-electron chi connectivity index (χ2n) is 3.76. The summed E-state index contributed by atoms with van der Waals surface area (Å²) < 4.78 is 5.59. The van der Waals surface area contributed by atoms with E-state index in [4.69, 9.17) is 21.6 Å². The summed E-state index contributed by atoms with van der Waals surface area (Å²) in [6.07, 6.45) is 0. The smallest absolute Gasteiger partial charge is 0.120 e. The van der Waals surface area contributed by atoms with Crippen molar-refractivity contribution in [2.24, 2.45) is 0 Å². The lowest BCUT2D eigenvalue weighted by Gasteiger charge is -2.06. The summed E-state index contributed by atoms with van der Waals surface area (Å²) in [5, 5.41) is 9.20. The van der Waals surface area contributed by atoms with Gasteiger partial charge in [-0.2, -0.15) is 5.26 Å². The van der Waals surface area contributed by atoms with Gasteiger partial charge < -0.3 is 4.74 Å². The van der Waals surface area contributed by atoms with Crippen LogP contribution in [0.15, 0.2) is 53.4 Å². The Morgan fingerprint density at radius 1 is 1.16 bits per heavy atom. The summed E-state index contributed by atoms with van der Waals surface area (Å²) in [6.45, 7) is 0.599. The second-order valence-corrected chi connectivity index (χ2v) is 5.34. The van der Waals surface area contributed by atoms with Crippen LogP contribution in [-0.4, -0.2) is 12.4 Å². The van der Waals surface area contributed by atoms with Gasteiger partial charge in [0.2, 0.25) is 0 Å². The molecule has 2 aromatic rings. The molecule has 4 heteroatoms. The van der Waals surface area contributed by atoms with Gasteiger partial charge in [-0.3, -0.25) is 0 Å². The number of benzene rings is 2. The van der Waals surface area contributed by atoms with Crippen molar-refractivity contribution in [1.82, 2.24) is 0 Å². The molecule has 0 aromatic heterocycles. The molecule has 2 aromatic carbocycles. The Balaban J connectivity index is 1.80. The lowest BCUT2D eigenvalue weighted by molar-refractivity contribution is 0.344. The van der Waals surface area contributed by atoms with Gasteiger partial charge in [0.15, 0.2) is 0 Å². The maximum Gasteiger partial charge on any atom is 0.120 e. The third-order valence-electron chi connectivity index (χ3n) is 2.42. The van der Waals surface area contributed by atoms with Crippen LogP contribution in [0.1, 0.15) is 5.56 Å². The summed E-state index contributed by atoms with van der Waals surface area (Å²) in [6, 6.07) is 17.3. The predicted molar refractivity (Wildman–Crippen MR) is 78.8 cm³/mol. The van der Waals surface area contributed by atoms with Gasteiger partial charge in [0.05, 0.1) is 17.2 Å². The predicted octanol–water partition coefficient (Wildman–Crippen LogP) is 4.38. The van der Waals surface area contributed by atoms with E-state index in [2.05, 4.69) is 12.1 Å². The van der Waals surface area contributed by atoms with Crippen LogP contribution in [0, 0.1) is 11.3 Å². The average Bonchev–Trinajstić information content (AvgIpc) is 2.45. The van der Waals surface area contributed by atoms with Gasteiger partial charge >= 0.3 is 0 Å². The topological polar surface area (TPSA) is 33.0 Å². The summed E-state index contributed by atoms with van der Waals surface area (Å²) in [4.78, 5) is 1.23. The van der Waals surface area contributed by atoms with E-state index in [0.717, 1.165) is 5.75 Å². The SMILES string of the molecule is N#Cc1ccc(OCCSc2ccccc2)cc1Cl. The third kappa shape index (κ3) is 4.20. The van der Waals surface area contributed by atoms with E-state index in [1.54, 1.807) is 30.0 Å². The molecule has 0 heterocycles. The van der Waals surface area contributed by atoms with Gasteiger partial charge in [-0.1, -0.05) is 29.8 Å². The molecule has 0 aliphatic heterocycles. The van der Waals surface area contributed by atoms with Gasteiger partial charge in [-0.05, 0) is 24.3 Å². The second kappa shape index (κ2) is 7.08. The van der Waals surface area contributed by atoms with Crippen LogP contribution < -0.4 is 4.74 Å². The van der Waals surface area contributed by atoms with Crippen molar-refractivity contribution >= 4 is 23.4 Å². The molecule has 96 valence electrons. The molecule has 0 spiro atoms. The van der Waals surface area contributed by atoms with E-state index in [1.165, 1.54) is 4.90 Å². The van der Waals surface area contributed by atoms with Crippen molar-refractivity contribution in [3.8, 4) is 11.8 Å². The van der Waals surface area contributed by atoms with E-state index in [9.17, 15) is 0 Å². The standard InChI is InChI=1S/C15H12ClNOS/c16-15-10-13(7-6-12(15)11-17)18-8-9-19-14-4-2-1-3-5-14/h1-7,10H,8-9H2. The molecule has 0 saturated heterocycles. The van der Waals surface area contributed by atoms with Crippen molar-refractivity contribution in [3.63, 3.8) is 0 Å². The zero-order valence-corrected chi connectivity index (χ0v) is 11.7. The number of ether oxygens (including phenoxy) is 1. The highest BCUT2D eigenvalue weighted by molar-refractivity contribution is 7.99. The van der Waals surface area contributed by atoms with E-state index >= 15 is 0 Å². The first-order valence-corrected chi connectivity index (χ1v) is 7.16. The number of nitrogens with zero attached hydrogens (tertiary/aromatic N) is 1. The highest BCUT2D eigenvalue weighted by Gasteiger charge is 2.01. The van der Waals surface area contributed by atoms with E-state index < -0.39 is 0 Å². The molecule has 0 saturated carbocycles. The molecular weight excluding hydrogens is 278 g/mol. The first-order chi connectivity index (χ1) is 9.29. The summed E-state index contributed by atoms with van der Waals surface area (Å²) in [7, 11) is 0. The fraction of sp³-hybridized carbons (Fsp3) is 0.133. The zero-order valence-electron chi connectivity index (χ0n) is 10.2. The Kier molecular flexibility index (Phi) is 5.14. The first kappa shape index (κ1) is 13.8. The molecule has 0 N–H and O–H groups in total. The number of hydrogen-bond donors (Lipinski definition) is 0. The largest absolute Gasteiger partial charge is 0.493 e. The molecule has 0 aliphatic carbocycles. The Morgan fingerprint density at radius 2 is 1.95 bits per heavy atom. The van der Waals surface area contributed by atoms with E-state index in [0.29, 0.717) is 22.9 Å². The molecule has 0 unspecified atom stereocenters. The minimum absolute atomic E-state index is 0.427. The first-order valence-electron chi connectivity index (χ1n) is 5.80. The van der Waals surface area contributed by atoms with Gasteiger partial charge in [0.1, 0.15) is 11.8 Å². The maximum absolute atomic E-state index is 8.77. The Labute approximate surface area is 122 Å². The summed E-state index contributed by atoms with van der Waals surface area (Å²) in [5.74, 6) is 1.56. The lowest BCUT2D eigenvalue weighted by Crippen LogP contribution is -2.00. The number of thioether (sulfide) groups is 1. The maximum atomic E-state index is 8.77. The number of rotatable bonds is 5. The molecular formula is C15H12ClNOS. The summed E-state index contributed by atoms with van der Waals surface area (Å²) >= 11 is 7.67. The molecule has 19 heavy (non-hydrogen) atoms. The molecule has 2 rings (SSSR count). The molecule has 0 radical (unpaired) electrons. The number of nitriles is 1. The Morgan fingerprint density at radius 3 is 2.63 bits per heavy atom. The average molecular weight is 290 g/mol. The van der Waals surface area contributed by atoms with Crippen LogP contribution in [0.25, 0.3) is 0 Å². The molecule has 0 atom stereocenters. The fourth-order valence-electron chi connectivity index (χ4n) is 1.51. The monoisotopic (exact) mass is 289 g/mol. The summed E-state index contributed by atoms with van der Waals surface area (Å²) in [5.41, 5.74) is 0.465. The lowest BCUT2D eigenvalue weighted by atomic mass is 10.2. The normalized spacial score (nSPS) is 9.89. The van der Waals surface area contributed by atoms with Crippen LogP contribution in [0.4, 0.5) is 0 Å². The number of halogens is 1. The highest BCUT2D eigenvalue weighted by Crippen LogP contribution is 2.22. The van der Waals surface area contributed by atoms with Crippen molar-refractivity contribution in [3.05, 3.63) is 59.1 Å². The van der Waals surface area contributed by atoms with Crippen LogP contribution >= 0.6 is 23.4 Å². The highest BCUT2D eigenvalue weighted by atomic mass is 35.5. The number of hydrogen-bond acceptors (Lipinski definition) is 3. The van der Waals surface area contributed by atoms with Gasteiger partial charge in [0, 0.05) is 16.7 Å². The van der Waals surface area contributed by atoms with Crippen LogP contribution in [0.2, 0.25) is 5.02 Å². The van der Waals surface area contributed by atoms with Crippen molar-refractivity contribution in [2.45, 2.75) is 4.90 Å². The minimum Gasteiger partial charge on any atom is -0.493 e. The van der Waals surface area contributed by atoms with Gasteiger partial charge in [0.25, 0.3) is 0 Å². The molecule has 2 nitrogen and oxygen atoms in total.